The average Bonchev–Trinajstić information content (AvgIpc) is 2.47. The van der Waals surface area contributed by atoms with Gasteiger partial charge >= 0.3 is 0 Å². The molecule has 2 heterocycles. The van der Waals surface area contributed by atoms with Gasteiger partial charge in [-0.2, -0.15) is 0 Å². The molecule has 1 fully saturated rings. The Morgan fingerprint density at radius 1 is 1.42 bits per heavy atom. The summed E-state index contributed by atoms with van der Waals surface area (Å²) < 4.78 is 0. The first-order valence-corrected chi connectivity index (χ1v) is 7.24. The van der Waals surface area contributed by atoms with E-state index >= 15 is 0 Å². The molecular formula is C15H21N3O. The number of carbonyl (C=O) groups excluding carboxylic acids is 1. The second kappa shape index (κ2) is 5.80. The summed E-state index contributed by atoms with van der Waals surface area (Å²) in [5.41, 5.74) is 2.31. The van der Waals surface area contributed by atoms with Gasteiger partial charge < -0.3 is 5.32 Å². The molecule has 102 valence electrons. The van der Waals surface area contributed by atoms with E-state index in [-0.39, 0.29) is 5.92 Å². The fraction of sp³-hybridized carbons (Fsp3) is 0.600. The predicted molar refractivity (Wildman–Crippen MR) is 74.2 cm³/mol. The SMILES string of the molecule is O=C(CN1CCNCC1)C1CCCc2cccnc21. The molecule has 1 aromatic heterocycles. The van der Waals surface area contributed by atoms with Gasteiger partial charge in [0, 0.05) is 32.4 Å². The molecule has 4 heteroatoms. The molecule has 1 saturated heterocycles. The maximum Gasteiger partial charge on any atom is 0.155 e. The third-order valence-electron chi connectivity index (χ3n) is 4.17. The minimum Gasteiger partial charge on any atom is -0.314 e. The number of aromatic nitrogens is 1. The van der Waals surface area contributed by atoms with Crippen molar-refractivity contribution >= 4 is 5.78 Å². The number of Topliss-reactive ketones (excluding diaryl/α,β-unsaturated/α-hetero) is 1. The van der Waals surface area contributed by atoms with E-state index in [2.05, 4.69) is 21.3 Å². The normalized spacial score (nSPS) is 23.9. The number of aryl methyl sites for hydroxylation is 1. The summed E-state index contributed by atoms with van der Waals surface area (Å²) in [6.45, 7) is 4.53. The third kappa shape index (κ3) is 2.85. The molecule has 3 rings (SSSR count). The lowest BCUT2D eigenvalue weighted by atomic mass is 9.84. The molecule has 1 aliphatic carbocycles. The molecule has 1 unspecified atom stereocenters. The summed E-state index contributed by atoms with van der Waals surface area (Å²) in [5, 5.41) is 3.32. The van der Waals surface area contributed by atoms with Crippen molar-refractivity contribution in [2.45, 2.75) is 25.2 Å². The van der Waals surface area contributed by atoms with Crippen LogP contribution < -0.4 is 5.32 Å². The van der Waals surface area contributed by atoms with Gasteiger partial charge in [-0.3, -0.25) is 14.7 Å². The number of carbonyl (C=O) groups is 1. The number of rotatable bonds is 3. The Kier molecular flexibility index (Phi) is 3.89. The molecule has 0 bridgehead atoms. The quantitative estimate of drug-likeness (QED) is 0.879. The van der Waals surface area contributed by atoms with E-state index < -0.39 is 0 Å². The lowest BCUT2D eigenvalue weighted by Gasteiger charge is -2.29. The highest BCUT2D eigenvalue weighted by Crippen LogP contribution is 2.30. The molecule has 1 aliphatic heterocycles. The summed E-state index contributed by atoms with van der Waals surface area (Å²) in [5.74, 6) is 0.376. The van der Waals surface area contributed by atoms with Crippen LogP contribution in [0.4, 0.5) is 0 Å². The minimum absolute atomic E-state index is 0.0276. The summed E-state index contributed by atoms with van der Waals surface area (Å²) in [6.07, 6.45) is 4.96. The van der Waals surface area contributed by atoms with Gasteiger partial charge in [-0.15, -0.1) is 0 Å². The van der Waals surface area contributed by atoms with Gasteiger partial charge in [-0.25, -0.2) is 0 Å². The van der Waals surface area contributed by atoms with Crippen LogP contribution in [0.5, 0.6) is 0 Å². The Morgan fingerprint density at radius 3 is 3.11 bits per heavy atom. The van der Waals surface area contributed by atoms with Crippen LogP contribution >= 0.6 is 0 Å². The molecule has 19 heavy (non-hydrogen) atoms. The maximum atomic E-state index is 12.5. The van der Waals surface area contributed by atoms with Gasteiger partial charge in [-0.1, -0.05) is 6.07 Å². The van der Waals surface area contributed by atoms with Gasteiger partial charge in [0.05, 0.1) is 18.2 Å². The minimum atomic E-state index is 0.0276. The van der Waals surface area contributed by atoms with Gasteiger partial charge in [0.15, 0.2) is 5.78 Å². The van der Waals surface area contributed by atoms with Crippen molar-refractivity contribution in [2.75, 3.05) is 32.7 Å². The molecular weight excluding hydrogens is 238 g/mol. The number of nitrogens with one attached hydrogen (secondary N) is 1. The maximum absolute atomic E-state index is 12.5. The second-order valence-electron chi connectivity index (χ2n) is 5.49. The summed E-state index contributed by atoms with van der Waals surface area (Å²) in [7, 11) is 0. The Morgan fingerprint density at radius 2 is 2.26 bits per heavy atom. The standard InChI is InChI=1S/C15H21N3O/c19-14(11-18-9-7-16-8-10-18)13-5-1-3-12-4-2-6-17-15(12)13/h2,4,6,13,16H,1,3,5,7-11H2. The number of piperazine rings is 1. The van der Waals surface area contributed by atoms with Crippen molar-refractivity contribution < 1.29 is 4.79 Å². The van der Waals surface area contributed by atoms with Crippen molar-refractivity contribution in [3.8, 4) is 0 Å². The Labute approximate surface area is 114 Å². The first-order valence-electron chi connectivity index (χ1n) is 7.24. The van der Waals surface area contributed by atoms with Crippen LogP contribution in [0.25, 0.3) is 0 Å². The molecule has 4 nitrogen and oxygen atoms in total. The number of fused-ring (bicyclic) bond motifs is 1. The average molecular weight is 259 g/mol. The highest BCUT2D eigenvalue weighted by Gasteiger charge is 2.28. The van der Waals surface area contributed by atoms with Gasteiger partial charge in [0.2, 0.25) is 0 Å². The van der Waals surface area contributed by atoms with E-state index in [9.17, 15) is 4.79 Å². The first-order chi connectivity index (χ1) is 9.34. The first kappa shape index (κ1) is 12.8. The Balaban J connectivity index is 1.70. The molecule has 0 saturated carbocycles. The van der Waals surface area contributed by atoms with E-state index in [1.807, 2.05) is 12.3 Å². The molecule has 0 amide bonds. The largest absolute Gasteiger partial charge is 0.314 e. The van der Waals surface area contributed by atoms with Crippen LogP contribution in [0.2, 0.25) is 0 Å². The molecule has 0 radical (unpaired) electrons. The fourth-order valence-electron chi connectivity index (χ4n) is 3.12. The zero-order valence-corrected chi connectivity index (χ0v) is 11.3. The van der Waals surface area contributed by atoms with Crippen molar-refractivity contribution in [3.05, 3.63) is 29.6 Å². The molecule has 2 aliphatic rings. The van der Waals surface area contributed by atoms with E-state index in [4.69, 9.17) is 0 Å². The number of hydrogen-bond acceptors (Lipinski definition) is 4. The van der Waals surface area contributed by atoms with E-state index in [0.29, 0.717) is 12.3 Å². The van der Waals surface area contributed by atoms with Crippen molar-refractivity contribution in [3.63, 3.8) is 0 Å². The number of pyridine rings is 1. The van der Waals surface area contributed by atoms with Crippen LogP contribution in [0.3, 0.4) is 0 Å². The van der Waals surface area contributed by atoms with Gasteiger partial charge in [0.25, 0.3) is 0 Å². The van der Waals surface area contributed by atoms with Crippen LogP contribution in [-0.4, -0.2) is 48.4 Å². The lowest BCUT2D eigenvalue weighted by Crippen LogP contribution is -2.46. The summed E-state index contributed by atoms with van der Waals surface area (Å²) >= 11 is 0. The highest BCUT2D eigenvalue weighted by molar-refractivity contribution is 5.87. The van der Waals surface area contributed by atoms with E-state index in [1.165, 1.54) is 5.56 Å². The van der Waals surface area contributed by atoms with E-state index in [1.54, 1.807) is 0 Å². The molecule has 1 N–H and O–H groups in total. The summed E-state index contributed by atoms with van der Waals surface area (Å²) in [4.78, 5) is 19.3. The smallest absolute Gasteiger partial charge is 0.155 e. The fourth-order valence-corrected chi connectivity index (χ4v) is 3.12. The zero-order valence-electron chi connectivity index (χ0n) is 11.3. The van der Waals surface area contributed by atoms with Crippen LogP contribution in [0.15, 0.2) is 18.3 Å². The Hall–Kier alpha value is -1.26. The topological polar surface area (TPSA) is 45.2 Å². The molecule has 1 atom stereocenters. The highest BCUT2D eigenvalue weighted by atomic mass is 16.1. The van der Waals surface area contributed by atoms with Crippen LogP contribution in [-0.2, 0) is 11.2 Å². The Bertz CT molecular complexity index is 454. The van der Waals surface area contributed by atoms with Crippen LogP contribution in [0.1, 0.15) is 30.0 Å². The number of hydrogen-bond donors (Lipinski definition) is 1. The molecule has 0 spiro atoms. The lowest BCUT2D eigenvalue weighted by molar-refractivity contribution is -0.122. The van der Waals surface area contributed by atoms with Gasteiger partial charge in [-0.05, 0) is 30.9 Å². The third-order valence-corrected chi connectivity index (χ3v) is 4.17. The second-order valence-corrected chi connectivity index (χ2v) is 5.49. The monoisotopic (exact) mass is 259 g/mol. The van der Waals surface area contributed by atoms with Crippen molar-refractivity contribution in [1.29, 1.82) is 0 Å². The van der Waals surface area contributed by atoms with Crippen LogP contribution in [0, 0.1) is 0 Å². The number of nitrogens with zero attached hydrogens (tertiary/aromatic N) is 2. The van der Waals surface area contributed by atoms with E-state index in [0.717, 1.165) is 51.1 Å². The summed E-state index contributed by atoms with van der Waals surface area (Å²) in [6, 6.07) is 4.09. The van der Waals surface area contributed by atoms with Gasteiger partial charge in [0.1, 0.15) is 0 Å². The number of ketones is 1. The molecule has 1 aromatic rings. The van der Waals surface area contributed by atoms with Crippen molar-refractivity contribution in [2.24, 2.45) is 0 Å². The molecule has 0 aromatic carbocycles. The zero-order chi connectivity index (χ0) is 13.1. The van der Waals surface area contributed by atoms with Crippen molar-refractivity contribution in [1.82, 2.24) is 15.2 Å². The predicted octanol–water partition coefficient (Wildman–Crippen LogP) is 0.976.